The fourth-order valence-corrected chi connectivity index (χ4v) is 2.29. The van der Waals surface area contributed by atoms with Crippen LogP contribution < -0.4 is 11.1 Å². The third kappa shape index (κ3) is 3.29. The van der Waals surface area contributed by atoms with Crippen LogP contribution in [0.25, 0.3) is 0 Å². The smallest absolute Gasteiger partial charge is 0.220 e. The average Bonchev–Trinajstić information content (AvgIpc) is 2.37. The molecule has 0 aliphatic heterocycles. The second kappa shape index (κ2) is 5.96. The minimum atomic E-state index is 0.0976. The largest absolute Gasteiger partial charge is 0.355 e. The predicted octanol–water partition coefficient (Wildman–Crippen LogP) is 1.26. The first-order valence-electron chi connectivity index (χ1n) is 6.61. The summed E-state index contributed by atoms with van der Waals surface area (Å²) in [5.74, 6) is 0.0976. The number of nitrogens with two attached hydrogens (primary N) is 1. The minimum absolute atomic E-state index is 0.0976. The molecule has 2 rings (SSSR count). The number of carbonyl (C=O) groups excluding carboxylic acids is 1. The summed E-state index contributed by atoms with van der Waals surface area (Å²) in [7, 11) is 0. The number of hydrogen-bond donors (Lipinski definition) is 2. The van der Waals surface area contributed by atoms with Crippen LogP contribution in [0, 0.1) is 5.41 Å². The summed E-state index contributed by atoms with van der Waals surface area (Å²) in [4.78, 5) is 15.9. The number of nitrogens with one attached hydrogen (secondary N) is 1. The Kier molecular flexibility index (Phi) is 4.31. The number of hydrogen-bond acceptors (Lipinski definition) is 3. The molecule has 0 aromatic carbocycles. The van der Waals surface area contributed by atoms with Gasteiger partial charge in [-0.25, -0.2) is 0 Å². The standard InChI is InChI=1S/C14H21N3O/c15-10-14(7-3-8-14)11-17-13(18)6-5-12-4-1-2-9-16-12/h1-2,4,9H,3,5-8,10-11,15H2,(H,17,18). The first-order chi connectivity index (χ1) is 8.74. The van der Waals surface area contributed by atoms with Crippen molar-refractivity contribution in [1.29, 1.82) is 0 Å². The van der Waals surface area contributed by atoms with Gasteiger partial charge < -0.3 is 11.1 Å². The summed E-state index contributed by atoms with van der Waals surface area (Å²) in [6, 6.07) is 5.77. The third-order valence-corrected chi connectivity index (χ3v) is 3.84. The Labute approximate surface area is 108 Å². The zero-order chi connectivity index (χ0) is 12.8. The van der Waals surface area contributed by atoms with Gasteiger partial charge in [-0.3, -0.25) is 9.78 Å². The molecule has 1 aliphatic rings. The van der Waals surface area contributed by atoms with E-state index in [1.807, 2.05) is 18.2 Å². The molecule has 0 radical (unpaired) electrons. The molecule has 0 unspecified atom stereocenters. The lowest BCUT2D eigenvalue weighted by molar-refractivity contribution is -0.121. The molecule has 1 aromatic rings. The number of pyridine rings is 1. The van der Waals surface area contributed by atoms with Crippen LogP contribution in [-0.4, -0.2) is 24.0 Å². The van der Waals surface area contributed by atoms with E-state index < -0.39 is 0 Å². The lowest BCUT2D eigenvalue weighted by Gasteiger charge is -2.41. The Hall–Kier alpha value is -1.42. The minimum Gasteiger partial charge on any atom is -0.355 e. The number of aryl methyl sites for hydroxylation is 1. The molecular weight excluding hydrogens is 226 g/mol. The normalized spacial score (nSPS) is 16.9. The molecule has 0 atom stereocenters. The summed E-state index contributed by atoms with van der Waals surface area (Å²) in [5.41, 5.74) is 6.90. The van der Waals surface area contributed by atoms with Gasteiger partial charge in [-0.2, -0.15) is 0 Å². The second-order valence-corrected chi connectivity index (χ2v) is 5.16. The lowest BCUT2D eigenvalue weighted by Crippen LogP contribution is -2.46. The van der Waals surface area contributed by atoms with Gasteiger partial charge in [0.25, 0.3) is 0 Å². The Morgan fingerprint density at radius 3 is 2.83 bits per heavy atom. The van der Waals surface area contributed by atoms with E-state index in [1.165, 1.54) is 6.42 Å². The van der Waals surface area contributed by atoms with Crippen molar-refractivity contribution in [1.82, 2.24) is 10.3 Å². The molecule has 0 spiro atoms. The maximum Gasteiger partial charge on any atom is 0.220 e. The van der Waals surface area contributed by atoms with Crippen LogP contribution in [0.3, 0.4) is 0 Å². The van der Waals surface area contributed by atoms with E-state index in [0.29, 0.717) is 19.4 Å². The molecule has 1 aliphatic carbocycles. The number of carbonyl (C=O) groups is 1. The van der Waals surface area contributed by atoms with Crippen LogP contribution in [-0.2, 0) is 11.2 Å². The van der Waals surface area contributed by atoms with Gasteiger partial charge in [0.2, 0.25) is 5.91 Å². The van der Waals surface area contributed by atoms with Crippen molar-refractivity contribution < 1.29 is 4.79 Å². The Bertz CT molecular complexity index is 382. The maximum absolute atomic E-state index is 11.7. The molecule has 98 valence electrons. The number of rotatable bonds is 6. The average molecular weight is 247 g/mol. The highest BCUT2D eigenvalue weighted by atomic mass is 16.1. The van der Waals surface area contributed by atoms with Crippen LogP contribution >= 0.6 is 0 Å². The molecule has 1 saturated carbocycles. The van der Waals surface area contributed by atoms with Crippen molar-refractivity contribution in [2.45, 2.75) is 32.1 Å². The molecule has 4 heteroatoms. The number of aromatic nitrogens is 1. The van der Waals surface area contributed by atoms with Crippen LogP contribution in [0.15, 0.2) is 24.4 Å². The van der Waals surface area contributed by atoms with E-state index in [2.05, 4.69) is 10.3 Å². The summed E-state index contributed by atoms with van der Waals surface area (Å²) in [5, 5.41) is 3.00. The van der Waals surface area contributed by atoms with Crippen molar-refractivity contribution in [3.8, 4) is 0 Å². The second-order valence-electron chi connectivity index (χ2n) is 5.16. The highest BCUT2D eigenvalue weighted by molar-refractivity contribution is 5.76. The van der Waals surface area contributed by atoms with Gasteiger partial charge in [-0.15, -0.1) is 0 Å². The molecular formula is C14H21N3O. The van der Waals surface area contributed by atoms with E-state index in [1.54, 1.807) is 6.20 Å². The monoisotopic (exact) mass is 247 g/mol. The fraction of sp³-hybridized carbons (Fsp3) is 0.571. The van der Waals surface area contributed by atoms with Gasteiger partial charge in [0.05, 0.1) is 0 Å². The van der Waals surface area contributed by atoms with Gasteiger partial charge >= 0.3 is 0 Å². The quantitative estimate of drug-likeness (QED) is 0.795. The molecule has 1 amide bonds. The van der Waals surface area contributed by atoms with Crippen LogP contribution in [0.4, 0.5) is 0 Å². The summed E-state index contributed by atoms with van der Waals surface area (Å²) >= 11 is 0. The summed E-state index contributed by atoms with van der Waals surface area (Å²) in [6.45, 7) is 1.40. The molecule has 1 aromatic heterocycles. The van der Waals surface area contributed by atoms with E-state index >= 15 is 0 Å². The van der Waals surface area contributed by atoms with Crippen molar-refractivity contribution >= 4 is 5.91 Å². The molecule has 4 nitrogen and oxygen atoms in total. The summed E-state index contributed by atoms with van der Waals surface area (Å²) in [6.07, 6.45) is 6.47. The van der Waals surface area contributed by atoms with Gasteiger partial charge in [0.15, 0.2) is 0 Å². The van der Waals surface area contributed by atoms with Crippen molar-refractivity contribution in [3.63, 3.8) is 0 Å². The molecule has 1 heterocycles. The Morgan fingerprint density at radius 1 is 1.44 bits per heavy atom. The van der Waals surface area contributed by atoms with Crippen molar-refractivity contribution in [2.24, 2.45) is 11.1 Å². The molecule has 3 N–H and O–H groups in total. The predicted molar refractivity (Wildman–Crippen MR) is 70.9 cm³/mol. The maximum atomic E-state index is 11.7. The van der Waals surface area contributed by atoms with Crippen LogP contribution in [0.5, 0.6) is 0 Å². The Balaban J connectivity index is 1.69. The van der Waals surface area contributed by atoms with Crippen LogP contribution in [0.1, 0.15) is 31.4 Å². The van der Waals surface area contributed by atoms with Crippen LogP contribution in [0.2, 0.25) is 0 Å². The number of nitrogens with zero attached hydrogens (tertiary/aromatic N) is 1. The van der Waals surface area contributed by atoms with Gasteiger partial charge in [0.1, 0.15) is 0 Å². The van der Waals surface area contributed by atoms with Crippen molar-refractivity contribution in [2.75, 3.05) is 13.1 Å². The number of amides is 1. The highest BCUT2D eigenvalue weighted by Gasteiger charge is 2.35. The molecule has 1 fully saturated rings. The third-order valence-electron chi connectivity index (χ3n) is 3.84. The van der Waals surface area contributed by atoms with E-state index in [-0.39, 0.29) is 11.3 Å². The van der Waals surface area contributed by atoms with E-state index in [4.69, 9.17) is 5.73 Å². The molecule has 18 heavy (non-hydrogen) atoms. The topological polar surface area (TPSA) is 68.0 Å². The van der Waals surface area contributed by atoms with Gasteiger partial charge in [-0.1, -0.05) is 12.5 Å². The van der Waals surface area contributed by atoms with Gasteiger partial charge in [-0.05, 0) is 43.4 Å². The zero-order valence-electron chi connectivity index (χ0n) is 10.7. The lowest BCUT2D eigenvalue weighted by atomic mass is 9.69. The van der Waals surface area contributed by atoms with E-state index in [0.717, 1.165) is 25.1 Å². The highest BCUT2D eigenvalue weighted by Crippen LogP contribution is 2.39. The first kappa shape index (κ1) is 13.0. The SMILES string of the molecule is NCC1(CNC(=O)CCc2ccccn2)CCC1. The first-order valence-corrected chi connectivity index (χ1v) is 6.61. The molecule has 0 bridgehead atoms. The Morgan fingerprint density at radius 2 is 2.28 bits per heavy atom. The molecule has 0 saturated heterocycles. The zero-order valence-corrected chi connectivity index (χ0v) is 10.7. The van der Waals surface area contributed by atoms with Crippen molar-refractivity contribution in [3.05, 3.63) is 30.1 Å². The van der Waals surface area contributed by atoms with E-state index in [9.17, 15) is 4.79 Å². The summed E-state index contributed by atoms with van der Waals surface area (Å²) < 4.78 is 0. The fourth-order valence-electron chi connectivity index (χ4n) is 2.29. The van der Waals surface area contributed by atoms with Gasteiger partial charge in [0, 0.05) is 24.9 Å².